The summed E-state index contributed by atoms with van der Waals surface area (Å²) in [5.41, 5.74) is 4.70. The van der Waals surface area contributed by atoms with Gasteiger partial charge in [-0.2, -0.15) is 5.10 Å². The second-order valence-corrected chi connectivity index (χ2v) is 9.80. The number of carbonyl (C=O) groups excluding carboxylic acids is 1. The van der Waals surface area contributed by atoms with E-state index in [1.807, 2.05) is 25.4 Å². The second kappa shape index (κ2) is 9.95. The molecule has 194 valence electrons. The van der Waals surface area contributed by atoms with E-state index in [1.165, 1.54) is 17.7 Å². The van der Waals surface area contributed by atoms with Crippen LogP contribution in [0.1, 0.15) is 6.92 Å². The average Bonchev–Trinajstić information content (AvgIpc) is 3.60. The predicted octanol–water partition coefficient (Wildman–Crippen LogP) is 4.15. The summed E-state index contributed by atoms with van der Waals surface area (Å²) in [6.07, 6.45) is 4.26. The molecular formula is C26H24FN7O3S. The van der Waals surface area contributed by atoms with Crippen LogP contribution < -0.4 is 10.1 Å². The molecule has 1 fully saturated rings. The van der Waals surface area contributed by atoms with Crippen molar-refractivity contribution in [2.24, 2.45) is 7.05 Å². The summed E-state index contributed by atoms with van der Waals surface area (Å²) >= 11 is 1.23. The van der Waals surface area contributed by atoms with Gasteiger partial charge in [0, 0.05) is 31.9 Å². The van der Waals surface area contributed by atoms with Gasteiger partial charge in [-0.05, 0) is 36.8 Å². The minimum Gasteiger partial charge on any atom is -0.480 e. The largest absolute Gasteiger partial charge is 0.480 e. The summed E-state index contributed by atoms with van der Waals surface area (Å²) in [5.74, 6) is 0.206. The van der Waals surface area contributed by atoms with Gasteiger partial charge in [-0.3, -0.25) is 9.48 Å². The third kappa shape index (κ3) is 4.52. The fraction of sp³-hybridized carbons (Fsp3) is 0.269. The molecule has 12 heteroatoms. The SMILES string of the molecule is C[C@@H](Oc1cc(-c2cnn(C)c2)cc2ncnc(Nc3ccc4ncsc4c3F)c12)C(=O)N1CCOCC1. The lowest BCUT2D eigenvalue weighted by molar-refractivity contribution is -0.142. The lowest BCUT2D eigenvalue weighted by Crippen LogP contribution is -2.46. The molecule has 0 unspecified atom stereocenters. The number of hydrogen-bond donors (Lipinski definition) is 1. The highest BCUT2D eigenvalue weighted by Gasteiger charge is 2.26. The summed E-state index contributed by atoms with van der Waals surface area (Å²) in [6, 6.07) is 7.10. The Balaban J connectivity index is 1.43. The molecular weight excluding hydrogens is 509 g/mol. The van der Waals surface area contributed by atoms with Gasteiger partial charge in [0.05, 0.1) is 51.7 Å². The molecule has 1 aliphatic rings. The van der Waals surface area contributed by atoms with Gasteiger partial charge in [0.25, 0.3) is 5.91 Å². The zero-order chi connectivity index (χ0) is 26.2. The van der Waals surface area contributed by atoms with E-state index in [2.05, 4.69) is 25.4 Å². The molecule has 1 atom stereocenters. The second-order valence-electron chi connectivity index (χ2n) is 8.94. The molecule has 5 aromatic rings. The van der Waals surface area contributed by atoms with Gasteiger partial charge in [-0.25, -0.2) is 19.3 Å². The number of ether oxygens (including phenoxy) is 2. The lowest BCUT2D eigenvalue weighted by Gasteiger charge is -2.29. The zero-order valence-electron chi connectivity index (χ0n) is 20.7. The van der Waals surface area contributed by atoms with E-state index in [4.69, 9.17) is 9.47 Å². The van der Waals surface area contributed by atoms with Crippen LogP contribution in [0.25, 0.3) is 32.2 Å². The molecule has 10 nitrogen and oxygen atoms in total. The molecule has 0 bridgehead atoms. The van der Waals surface area contributed by atoms with Crippen molar-refractivity contribution >= 4 is 49.9 Å². The third-order valence-corrected chi connectivity index (χ3v) is 7.24. The first-order chi connectivity index (χ1) is 18.5. The number of halogens is 1. The monoisotopic (exact) mass is 533 g/mol. The minimum atomic E-state index is -0.779. The standard InChI is InChI=1S/C26H24FN7O3S/c1-15(26(35)34-5-7-36-8-6-34)37-21-10-16(17-11-31-33(2)12-17)9-20-22(21)25(29-13-28-20)32-18-3-4-19-24(23(18)27)38-14-30-19/h3-4,9-15H,5-8H2,1-2H3,(H,28,29,32)/t15-/m1/s1. The summed E-state index contributed by atoms with van der Waals surface area (Å²) < 4.78 is 29.1. The highest BCUT2D eigenvalue weighted by Crippen LogP contribution is 2.38. The number of morpholine rings is 1. The molecule has 1 N–H and O–H groups in total. The lowest BCUT2D eigenvalue weighted by atomic mass is 10.1. The third-order valence-electron chi connectivity index (χ3n) is 6.41. The molecule has 38 heavy (non-hydrogen) atoms. The molecule has 1 amide bonds. The van der Waals surface area contributed by atoms with Gasteiger partial charge in [-0.1, -0.05) is 0 Å². The summed E-state index contributed by atoms with van der Waals surface area (Å²) in [6.45, 7) is 3.73. The summed E-state index contributed by atoms with van der Waals surface area (Å²) in [7, 11) is 1.84. The number of anilines is 2. The van der Waals surface area contributed by atoms with Crippen molar-refractivity contribution in [3.8, 4) is 16.9 Å². The van der Waals surface area contributed by atoms with Crippen LogP contribution in [0.2, 0.25) is 0 Å². The molecule has 0 saturated carbocycles. The van der Waals surface area contributed by atoms with Crippen LogP contribution in [-0.2, 0) is 16.6 Å². The number of aromatic nitrogens is 5. The fourth-order valence-electron chi connectivity index (χ4n) is 4.48. The highest BCUT2D eigenvalue weighted by atomic mass is 32.1. The van der Waals surface area contributed by atoms with Crippen LogP contribution in [0, 0.1) is 5.82 Å². The van der Waals surface area contributed by atoms with Crippen LogP contribution in [0.5, 0.6) is 5.75 Å². The Labute approximate surface area is 221 Å². The smallest absolute Gasteiger partial charge is 0.263 e. The van der Waals surface area contributed by atoms with E-state index in [1.54, 1.807) is 40.3 Å². The van der Waals surface area contributed by atoms with Crippen LogP contribution in [-0.4, -0.2) is 67.9 Å². The number of carbonyl (C=O) groups is 1. The molecule has 1 saturated heterocycles. The Morgan fingerprint density at radius 1 is 1.16 bits per heavy atom. The number of nitrogens with one attached hydrogen (secondary N) is 1. The van der Waals surface area contributed by atoms with Gasteiger partial charge >= 0.3 is 0 Å². The maximum absolute atomic E-state index is 15.3. The Morgan fingerprint density at radius 2 is 2.00 bits per heavy atom. The number of aryl methyl sites for hydroxylation is 1. The van der Waals surface area contributed by atoms with Gasteiger partial charge in [0.1, 0.15) is 17.9 Å². The Hall–Kier alpha value is -4.16. The number of fused-ring (bicyclic) bond motifs is 2. The Kier molecular flexibility index (Phi) is 6.34. The van der Waals surface area contributed by atoms with Crippen molar-refractivity contribution in [1.82, 2.24) is 29.6 Å². The molecule has 0 aliphatic carbocycles. The number of benzene rings is 2. The van der Waals surface area contributed by atoms with Crippen molar-refractivity contribution in [2.45, 2.75) is 13.0 Å². The van der Waals surface area contributed by atoms with Gasteiger partial charge in [-0.15, -0.1) is 11.3 Å². The van der Waals surface area contributed by atoms with Crippen molar-refractivity contribution in [2.75, 3.05) is 31.6 Å². The Morgan fingerprint density at radius 3 is 2.79 bits per heavy atom. The average molecular weight is 534 g/mol. The predicted molar refractivity (Wildman–Crippen MR) is 142 cm³/mol. The maximum Gasteiger partial charge on any atom is 0.263 e. The number of hydrogen-bond acceptors (Lipinski definition) is 9. The van der Waals surface area contributed by atoms with Crippen molar-refractivity contribution in [3.05, 3.63) is 54.3 Å². The molecule has 2 aromatic carbocycles. The minimum absolute atomic E-state index is 0.138. The Bertz CT molecular complexity index is 1650. The number of amides is 1. The van der Waals surface area contributed by atoms with Crippen LogP contribution in [0.4, 0.5) is 15.9 Å². The topological polar surface area (TPSA) is 107 Å². The van der Waals surface area contributed by atoms with Crippen molar-refractivity contribution in [3.63, 3.8) is 0 Å². The van der Waals surface area contributed by atoms with E-state index in [0.717, 1.165) is 11.1 Å². The number of thiazole rings is 1. The van der Waals surface area contributed by atoms with E-state index in [9.17, 15) is 4.79 Å². The van der Waals surface area contributed by atoms with Crippen LogP contribution in [0.15, 0.2) is 48.5 Å². The summed E-state index contributed by atoms with van der Waals surface area (Å²) in [4.78, 5) is 27.9. The quantitative estimate of drug-likeness (QED) is 0.347. The van der Waals surface area contributed by atoms with Gasteiger partial charge < -0.3 is 19.7 Å². The zero-order valence-corrected chi connectivity index (χ0v) is 21.5. The first-order valence-corrected chi connectivity index (χ1v) is 13.0. The van der Waals surface area contributed by atoms with Gasteiger partial charge in [0.2, 0.25) is 0 Å². The van der Waals surface area contributed by atoms with E-state index >= 15 is 4.39 Å². The molecule has 3 aromatic heterocycles. The number of rotatable bonds is 6. The molecule has 1 aliphatic heterocycles. The fourth-order valence-corrected chi connectivity index (χ4v) is 5.21. The van der Waals surface area contributed by atoms with Crippen molar-refractivity contribution in [1.29, 1.82) is 0 Å². The molecule has 0 spiro atoms. The molecule has 0 radical (unpaired) electrons. The first kappa shape index (κ1) is 24.2. The molecule has 6 rings (SSSR count). The van der Waals surface area contributed by atoms with Crippen LogP contribution in [0.3, 0.4) is 0 Å². The number of nitrogens with zero attached hydrogens (tertiary/aromatic N) is 6. The first-order valence-electron chi connectivity index (χ1n) is 12.1. The van der Waals surface area contributed by atoms with Gasteiger partial charge in [0.15, 0.2) is 11.9 Å². The van der Waals surface area contributed by atoms with E-state index < -0.39 is 11.9 Å². The normalized spacial score (nSPS) is 14.7. The van der Waals surface area contributed by atoms with Crippen molar-refractivity contribution < 1.29 is 18.7 Å². The van der Waals surface area contributed by atoms with E-state index in [-0.39, 0.29) is 11.6 Å². The molecule has 4 heterocycles. The van der Waals surface area contributed by atoms with Crippen LogP contribution >= 0.6 is 11.3 Å². The highest BCUT2D eigenvalue weighted by molar-refractivity contribution is 7.16. The van der Waals surface area contributed by atoms with E-state index in [0.29, 0.717) is 59.0 Å². The maximum atomic E-state index is 15.3. The summed E-state index contributed by atoms with van der Waals surface area (Å²) in [5, 5.41) is 7.91.